The fourth-order valence-electron chi connectivity index (χ4n) is 1.81. The van der Waals surface area contributed by atoms with Crippen molar-refractivity contribution in [2.24, 2.45) is 0 Å². The van der Waals surface area contributed by atoms with E-state index < -0.39 is 0 Å². The minimum Gasteiger partial charge on any atom is -0.399 e. The minimum absolute atomic E-state index is 0.203. The van der Waals surface area contributed by atoms with Crippen molar-refractivity contribution in [3.8, 4) is 0 Å². The molecule has 0 aliphatic rings. The van der Waals surface area contributed by atoms with Crippen LogP contribution in [0.5, 0.6) is 0 Å². The number of halogens is 2. The highest BCUT2D eigenvalue weighted by Gasteiger charge is 2.09. The summed E-state index contributed by atoms with van der Waals surface area (Å²) in [6.07, 6.45) is 0. The van der Waals surface area contributed by atoms with Gasteiger partial charge in [0.15, 0.2) is 0 Å². The summed E-state index contributed by atoms with van der Waals surface area (Å²) in [6, 6.07) is 10.4. The summed E-state index contributed by atoms with van der Waals surface area (Å²) in [6.45, 7) is 2.34. The number of carbonyl (C=O) groups is 1. The third kappa shape index (κ3) is 3.24. The number of anilines is 1. The first-order valence-electron chi connectivity index (χ1n) is 6.06. The summed E-state index contributed by atoms with van der Waals surface area (Å²) in [4.78, 5) is 12.0. The highest BCUT2D eigenvalue weighted by atomic mass is 35.5. The molecule has 2 rings (SSSR count). The van der Waals surface area contributed by atoms with E-state index in [1.165, 1.54) is 0 Å². The number of rotatable bonds is 3. The smallest absolute Gasteiger partial charge is 0.251 e. The molecule has 104 valence electrons. The average molecular weight is 309 g/mol. The maximum Gasteiger partial charge on any atom is 0.251 e. The highest BCUT2D eigenvalue weighted by Crippen LogP contribution is 2.22. The van der Waals surface area contributed by atoms with E-state index in [4.69, 9.17) is 28.9 Å². The van der Waals surface area contributed by atoms with Crippen LogP contribution < -0.4 is 11.1 Å². The molecule has 0 fully saturated rings. The van der Waals surface area contributed by atoms with E-state index in [0.29, 0.717) is 27.8 Å². The molecule has 3 nitrogen and oxygen atoms in total. The van der Waals surface area contributed by atoms with Gasteiger partial charge in [0.1, 0.15) is 0 Å². The van der Waals surface area contributed by atoms with Crippen LogP contribution in [0.25, 0.3) is 0 Å². The van der Waals surface area contributed by atoms with Crippen LogP contribution in [0.1, 0.15) is 21.5 Å². The molecule has 0 radical (unpaired) electrons. The van der Waals surface area contributed by atoms with Crippen LogP contribution in [0.2, 0.25) is 10.0 Å². The predicted molar refractivity (Wildman–Crippen MR) is 83.2 cm³/mol. The highest BCUT2D eigenvalue weighted by molar-refractivity contribution is 6.42. The summed E-state index contributed by atoms with van der Waals surface area (Å²) in [5.74, 6) is -0.203. The van der Waals surface area contributed by atoms with Gasteiger partial charge in [-0.25, -0.2) is 0 Å². The first-order valence-corrected chi connectivity index (χ1v) is 6.82. The zero-order valence-corrected chi connectivity index (χ0v) is 12.4. The van der Waals surface area contributed by atoms with Gasteiger partial charge in [-0.3, -0.25) is 4.79 Å². The topological polar surface area (TPSA) is 55.1 Å². The first-order chi connectivity index (χ1) is 9.49. The lowest BCUT2D eigenvalue weighted by Gasteiger charge is -2.10. The number of hydrogen-bond donors (Lipinski definition) is 2. The van der Waals surface area contributed by atoms with E-state index >= 15 is 0 Å². The van der Waals surface area contributed by atoms with Gasteiger partial charge < -0.3 is 11.1 Å². The van der Waals surface area contributed by atoms with Gasteiger partial charge in [-0.05, 0) is 42.3 Å². The maximum absolute atomic E-state index is 12.0. The van der Waals surface area contributed by atoms with E-state index in [2.05, 4.69) is 5.32 Å². The van der Waals surface area contributed by atoms with E-state index in [1.807, 2.05) is 25.1 Å². The predicted octanol–water partition coefficient (Wildman–Crippen LogP) is 3.81. The van der Waals surface area contributed by atoms with E-state index in [9.17, 15) is 4.79 Å². The van der Waals surface area contributed by atoms with Gasteiger partial charge in [0.25, 0.3) is 5.91 Å². The Bertz CT molecular complexity index is 656. The Morgan fingerprint density at radius 2 is 1.95 bits per heavy atom. The Kier molecular flexibility index (Phi) is 4.53. The average Bonchev–Trinajstić information content (AvgIpc) is 2.43. The number of nitrogens with one attached hydrogen (secondary N) is 1. The van der Waals surface area contributed by atoms with Gasteiger partial charge in [-0.2, -0.15) is 0 Å². The Morgan fingerprint density at radius 3 is 2.65 bits per heavy atom. The van der Waals surface area contributed by atoms with Crippen molar-refractivity contribution in [2.45, 2.75) is 13.5 Å². The molecule has 20 heavy (non-hydrogen) atoms. The number of hydrogen-bond acceptors (Lipinski definition) is 2. The second-order valence-electron chi connectivity index (χ2n) is 4.44. The van der Waals surface area contributed by atoms with Crippen molar-refractivity contribution in [1.82, 2.24) is 5.32 Å². The molecule has 2 aromatic rings. The van der Waals surface area contributed by atoms with Gasteiger partial charge in [-0.1, -0.05) is 35.3 Å². The molecule has 0 aliphatic heterocycles. The molecular formula is C15H14Cl2N2O. The normalized spacial score (nSPS) is 10.3. The number of carbonyl (C=O) groups excluding carboxylic acids is 1. The van der Waals surface area contributed by atoms with Crippen LogP contribution >= 0.6 is 23.2 Å². The fourth-order valence-corrected chi connectivity index (χ4v) is 2.11. The summed E-state index contributed by atoms with van der Waals surface area (Å²) < 4.78 is 0. The summed E-state index contributed by atoms with van der Waals surface area (Å²) in [7, 11) is 0. The van der Waals surface area contributed by atoms with Gasteiger partial charge in [0.05, 0.1) is 10.0 Å². The van der Waals surface area contributed by atoms with Crippen LogP contribution in [-0.4, -0.2) is 5.91 Å². The molecule has 0 bridgehead atoms. The summed E-state index contributed by atoms with van der Waals surface area (Å²) >= 11 is 11.7. The third-order valence-corrected chi connectivity index (χ3v) is 3.85. The van der Waals surface area contributed by atoms with Crippen LogP contribution in [-0.2, 0) is 6.54 Å². The lowest BCUT2D eigenvalue weighted by Crippen LogP contribution is -2.23. The molecular weight excluding hydrogens is 295 g/mol. The lowest BCUT2D eigenvalue weighted by atomic mass is 10.1. The monoisotopic (exact) mass is 308 g/mol. The Labute approximate surface area is 127 Å². The molecule has 0 spiro atoms. The second-order valence-corrected chi connectivity index (χ2v) is 5.26. The molecule has 0 atom stereocenters. The zero-order valence-electron chi connectivity index (χ0n) is 10.9. The Morgan fingerprint density at radius 1 is 1.20 bits per heavy atom. The third-order valence-electron chi connectivity index (χ3n) is 3.11. The SMILES string of the molecule is Cc1c(N)cccc1CNC(=O)c1ccc(Cl)c(Cl)c1. The molecule has 3 N–H and O–H groups in total. The van der Waals surface area contributed by atoms with Crippen molar-refractivity contribution >= 4 is 34.8 Å². The molecule has 0 unspecified atom stereocenters. The van der Waals surface area contributed by atoms with Crippen molar-refractivity contribution in [3.63, 3.8) is 0 Å². The van der Waals surface area contributed by atoms with Crippen LogP contribution in [0.4, 0.5) is 5.69 Å². The van der Waals surface area contributed by atoms with Gasteiger partial charge in [0, 0.05) is 17.8 Å². The lowest BCUT2D eigenvalue weighted by molar-refractivity contribution is 0.0951. The van der Waals surface area contributed by atoms with E-state index in [0.717, 1.165) is 11.1 Å². The molecule has 0 saturated heterocycles. The molecule has 5 heteroatoms. The van der Waals surface area contributed by atoms with E-state index in [1.54, 1.807) is 18.2 Å². The minimum atomic E-state index is -0.203. The Balaban J connectivity index is 2.08. The van der Waals surface area contributed by atoms with Crippen molar-refractivity contribution in [2.75, 3.05) is 5.73 Å². The molecule has 0 saturated carbocycles. The van der Waals surface area contributed by atoms with Crippen molar-refractivity contribution in [1.29, 1.82) is 0 Å². The Hall–Kier alpha value is -1.71. The van der Waals surface area contributed by atoms with Crippen molar-refractivity contribution < 1.29 is 4.79 Å². The van der Waals surface area contributed by atoms with Crippen LogP contribution in [0.3, 0.4) is 0 Å². The van der Waals surface area contributed by atoms with Gasteiger partial charge >= 0.3 is 0 Å². The molecule has 0 heterocycles. The van der Waals surface area contributed by atoms with Gasteiger partial charge in [-0.15, -0.1) is 0 Å². The number of amides is 1. The molecule has 0 aliphatic carbocycles. The standard InChI is InChI=1S/C15H14Cl2N2O/c1-9-11(3-2-4-14(9)18)8-19-15(20)10-5-6-12(16)13(17)7-10/h2-7H,8,18H2,1H3,(H,19,20). The van der Waals surface area contributed by atoms with Crippen LogP contribution in [0.15, 0.2) is 36.4 Å². The molecule has 1 amide bonds. The summed E-state index contributed by atoms with van der Waals surface area (Å²) in [5, 5.41) is 3.62. The summed E-state index contributed by atoms with van der Waals surface area (Å²) in [5.41, 5.74) is 8.98. The van der Waals surface area contributed by atoms with Gasteiger partial charge in [0.2, 0.25) is 0 Å². The number of nitrogen functional groups attached to an aromatic ring is 1. The van der Waals surface area contributed by atoms with Crippen molar-refractivity contribution in [3.05, 3.63) is 63.1 Å². The van der Waals surface area contributed by atoms with Crippen LogP contribution in [0, 0.1) is 6.92 Å². The number of benzene rings is 2. The quantitative estimate of drug-likeness (QED) is 0.847. The maximum atomic E-state index is 12.0. The number of nitrogens with two attached hydrogens (primary N) is 1. The second kappa shape index (κ2) is 6.16. The zero-order chi connectivity index (χ0) is 14.7. The first kappa shape index (κ1) is 14.7. The molecule has 2 aromatic carbocycles. The fraction of sp³-hybridized carbons (Fsp3) is 0.133. The molecule has 0 aromatic heterocycles. The van der Waals surface area contributed by atoms with E-state index in [-0.39, 0.29) is 5.91 Å². The largest absolute Gasteiger partial charge is 0.399 e.